The molecule has 25 heavy (non-hydrogen) atoms. The van der Waals surface area contributed by atoms with Gasteiger partial charge in [-0.25, -0.2) is 0 Å². The predicted molar refractivity (Wildman–Crippen MR) is 94.6 cm³/mol. The van der Waals surface area contributed by atoms with Gasteiger partial charge < -0.3 is 18.8 Å². The van der Waals surface area contributed by atoms with E-state index in [2.05, 4.69) is 0 Å². The highest BCUT2D eigenvalue weighted by atomic mass is 16.5. The molecule has 4 rings (SSSR count). The van der Waals surface area contributed by atoms with E-state index in [0.29, 0.717) is 11.7 Å². The van der Waals surface area contributed by atoms with Crippen LogP contribution in [0, 0.1) is 11.3 Å². The van der Waals surface area contributed by atoms with Gasteiger partial charge in [-0.2, -0.15) is 0 Å². The summed E-state index contributed by atoms with van der Waals surface area (Å²) in [6.45, 7) is 3.87. The van der Waals surface area contributed by atoms with E-state index < -0.39 is 0 Å². The molecule has 0 aliphatic carbocycles. The third kappa shape index (κ3) is 3.07. The smallest absolute Gasteiger partial charge is 0.289 e. The number of hydrogen-bond donors (Lipinski definition) is 0. The van der Waals surface area contributed by atoms with Crippen molar-refractivity contribution in [1.29, 1.82) is 0 Å². The minimum atomic E-state index is 0.00130. The second-order valence-electron chi connectivity index (χ2n) is 7.28. The Morgan fingerprint density at radius 2 is 2.08 bits per heavy atom. The van der Waals surface area contributed by atoms with Crippen molar-refractivity contribution in [3.05, 3.63) is 36.1 Å². The van der Waals surface area contributed by atoms with Crippen molar-refractivity contribution in [2.24, 2.45) is 11.3 Å². The molecule has 134 valence electrons. The summed E-state index contributed by atoms with van der Waals surface area (Å²) in [4.78, 5) is 14.8. The molecule has 1 aromatic heterocycles. The van der Waals surface area contributed by atoms with Gasteiger partial charge in [0.1, 0.15) is 5.58 Å². The molecule has 2 saturated heterocycles. The Bertz CT molecular complexity index is 710. The molecule has 5 heteroatoms. The SMILES string of the molecule is COC[C@@H]1COCCC12CCN(C(=O)c1cc3ccccc3o1)CC2. The monoisotopic (exact) mass is 343 g/mol. The molecule has 1 aromatic carbocycles. The fraction of sp³-hybridized carbons (Fsp3) is 0.550. The van der Waals surface area contributed by atoms with Crippen molar-refractivity contribution in [3.63, 3.8) is 0 Å². The lowest BCUT2D eigenvalue weighted by molar-refractivity contribution is -0.0913. The molecule has 3 heterocycles. The van der Waals surface area contributed by atoms with Crippen LogP contribution < -0.4 is 0 Å². The Labute approximate surface area is 147 Å². The Balaban J connectivity index is 1.46. The first-order valence-corrected chi connectivity index (χ1v) is 9.06. The second kappa shape index (κ2) is 6.81. The van der Waals surface area contributed by atoms with E-state index in [1.807, 2.05) is 35.2 Å². The maximum atomic E-state index is 12.8. The van der Waals surface area contributed by atoms with Crippen LogP contribution in [-0.4, -0.2) is 50.8 Å². The number of furan rings is 1. The molecule has 1 spiro atoms. The minimum absolute atomic E-state index is 0.00130. The quantitative estimate of drug-likeness (QED) is 0.858. The molecule has 0 radical (unpaired) electrons. The Kier molecular flexibility index (Phi) is 4.52. The maximum absolute atomic E-state index is 12.8. The second-order valence-corrected chi connectivity index (χ2v) is 7.28. The number of rotatable bonds is 3. The van der Waals surface area contributed by atoms with Crippen LogP contribution in [0.5, 0.6) is 0 Å². The molecule has 2 aromatic rings. The van der Waals surface area contributed by atoms with Gasteiger partial charge in [0.05, 0.1) is 13.2 Å². The zero-order valence-corrected chi connectivity index (χ0v) is 14.7. The Morgan fingerprint density at radius 3 is 2.84 bits per heavy atom. The number of para-hydroxylation sites is 1. The molecular weight excluding hydrogens is 318 g/mol. The molecule has 0 N–H and O–H groups in total. The number of fused-ring (bicyclic) bond motifs is 1. The summed E-state index contributed by atoms with van der Waals surface area (Å²) < 4.78 is 16.8. The molecule has 2 aliphatic rings. The molecule has 2 aliphatic heterocycles. The van der Waals surface area contributed by atoms with Crippen LogP contribution >= 0.6 is 0 Å². The molecule has 1 atom stereocenters. The highest BCUT2D eigenvalue weighted by Crippen LogP contribution is 2.45. The maximum Gasteiger partial charge on any atom is 0.289 e. The summed E-state index contributed by atoms with van der Waals surface area (Å²) in [7, 11) is 1.75. The standard InChI is InChI=1S/C20H25NO4/c1-23-13-16-14-24-11-8-20(16)6-9-21(10-7-20)19(22)18-12-15-4-2-3-5-17(15)25-18/h2-5,12,16H,6-11,13-14H2,1H3/t16-/m1/s1. The summed E-state index contributed by atoms with van der Waals surface area (Å²) in [5.74, 6) is 0.869. The lowest BCUT2D eigenvalue weighted by atomic mass is 9.66. The van der Waals surface area contributed by atoms with Crippen LogP contribution in [0.4, 0.5) is 0 Å². The van der Waals surface area contributed by atoms with Crippen molar-refractivity contribution < 1.29 is 18.7 Å². The summed E-state index contributed by atoms with van der Waals surface area (Å²) in [6, 6.07) is 9.60. The van der Waals surface area contributed by atoms with E-state index in [4.69, 9.17) is 13.9 Å². The van der Waals surface area contributed by atoms with E-state index in [9.17, 15) is 4.79 Å². The number of likely N-dealkylation sites (tertiary alicyclic amines) is 1. The van der Waals surface area contributed by atoms with Gasteiger partial charge >= 0.3 is 0 Å². The van der Waals surface area contributed by atoms with Gasteiger partial charge in [0.2, 0.25) is 0 Å². The summed E-state index contributed by atoms with van der Waals surface area (Å²) in [5.41, 5.74) is 1.02. The van der Waals surface area contributed by atoms with Gasteiger partial charge in [-0.05, 0) is 36.8 Å². The van der Waals surface area contributed by atoms with Gasteiger partial charge in [-0.1, -0.05) is 18.2 Å². The number of methoxy groups -OCH3 is 1. The minimum Gasteiger partial charge on any atom is -0.451 e. The van der Waals surface area contributed by atoms with Crippen LogP contribution in [-0.2, 0) is 9.47 Å². The van der Waals surface area contributed by atoms with Crippen LogP contribution in [0.3, 0.4) is 0 Å². The third-order valence-corrected chi connectivity index (χ3v) is 5.98. The highest BCUT2D eigenvalue weighted by Gasteiger charge is 2.44. The fourth-order valence-corrected chi connectivity index (χ4v) is 4.36. The van der Waals surface area contributed by atoms with E-state index >= 15 is 0 Å². The number of piperidine rings is 1. The van der Waals surface area contributed by atoms with Crippen LogP contribution in [0.25, 0.3) is 11.0 Å². The Hall–Kier alpha value is -1.85. The van der Waals surface area contributed by atoms with Crippen molar-refractivity contribution in [1.82, 2.24) is 4.90 Å². The number of carbonyl (C=O) groups is 1. The molecule has 0 bridgehead atoms. The van der Waals surface area contributed by atoms with Crippen molar-refractivity contribution in [3.8, 4) is 0 Å². The van der Waals surface area contributed by atoms with Gasteiger partial charge in [0.25, 0.3) is 5.91 Å². The fourth-order valence-electron chi connectivity index (χ4n) is 4.36. The van der Waals surface area contributed by atoms with E-state index in [1.165, 1.54) is 0 Å². The first kappa shape index (κ1) is 16.6. The van der Waals surface area contributed by atoms with E-state index in [-0.39, 0.29) is 11.3 Å². The molecule has 0 saturated carbocycles. The predicted octanol–water partition coefficient (Wildman–Crippen LogP) is 3.34. The molecular formula is C20H25NO4. The summed E-state index contributed by atoms with van der Waals surface area (Å²) >= 11 is 0. The molecule has 2 fully saturated rings. The lowest BCUT2D eigenvalue weighted by Crippen LogP contribution is -2.50. The topological polar surface area (TPSA) is 51.9 Å². The molecule has 1 amide bonds. The van der Waals surface area contributed by atoms with Gasteiger partial charge in [0, 0.05) is 38.1 Å². The number of ether oxygens (including phenoxy) is 2. The van der Waals surface area contributed by atoms with Gasteiger partial charge in [-0.15, -0.1) is 0 Å². The summed E-state index contributed by atoms with van der Waals surface area (Å²) in [6.07, 6.45) is 3.08. The zero-order chi connectivity index (χ0) is 17.3. The largest absolute Gasteiger partial charge is 0.451 e. The number of amides is 1. The van der Waals surface area contributed by atoms with Crippen LogP contribution in [0.15, 0.2) is 34.7 Å². The van der Waals surface area contributed by atoms with E-state index in [1.54, 1.807) is 7.11 Å². The van der Waals surface area contributed by atoms with Crippen LogP contribution in [0.1, 0.15) is 29.8 Å². The molecule has 5 nitrogen and oxygen atoms in total. The first-order chi connectivity index (χ1) is 12.2. The lowest BCUT2D eigenvalue weighted by Gasteiger charge is -2.48. The number of benzene rings is 1. The normalized spacial score (nSPS) is 23.2. The summed E-state index contributed by atoms with van der Waals surface area (Å²) in [5, 5.41) is 0.976. The number of carbonyl (C=O) groups excluding carboxylic acids is 1. The van der Waals surface area contributed by atoms with Crippen molar-refractivity contribution >= 4 is 16.9 Å². The first-order valence-electron chi connectivity index (χ1n) is 9.06. The van der Waals surface area contributed by atoms with Gasteiger partial charge in [0.15, 0.2) is 5.76 Å². The van der Waals surface area contributed by atoms with Crippen LogP contribution in [0.2, 0.25) is 0 Å². The number of nitrogens with zero attached hydrogens (tertiary/aromatic N) is 1. The molecule has 0 unspecified atom stereocenters. The highest BCUT2D eigenvalue weighted by molar-refractivity contribution is 5.96. The zero-order valence-electron chi connectivity index (χ0n) is 14.7. The third-order valence-electron chi connectivity index (χ3n) is 5.98. The Morgan fingerprint density at radius 1 is 1.28 bits per heavy atom. The number of hydrogen-bond acceptors (Lipinski definition) is 4. The van der Waals surface area contributed by atoms with Gasteiger partial charge in [-0.3, -0.25) is 4.79 Å². The van der Waals surface area contributed by atoms with Crippen molar-refractivity contribution in [2.75, 3.05) is 40.0 Å². The van der Waals surface area contributed by atoms with E-state index in [0.717, 1.165) is 63.1 Å². The van der Waals surface area contributed by atoms with Crippen molar-refractivity contribution in [2.45, 2.75) is 19.3 Å². The average Bonchev–Trinajstić information content (AvgIpc) is 3.08. The average molecular weight is 343 g/mol.